The summed E-state index contributed by atoms with van der Waals surface area (Å²) in [4.78, 5) is 23.0. The first-order chi connectivity index (χ1) is 10.2. The fraction of sp³-hybridized carbons (Fsp3) is 0.600. The number of rotatable bonds is 6. The molecule has 0 spiro atoms. The molecule has 2 heterocycles. The highest BCUT2D eigenvalue weighted by Crippen LogP contribution is 2.17. The molecule has 0 saturated carbocycles. The second kappa shape index (κ2) is 9.48. The van der Waals surface area contributed by atoms with Crippen molar-refractivity contribution in [3.63, 3.8) is 0 Å². The van der Waals surface area contributed by atoms with Crippen molar-refractivity contribution in [1.29, 1.82) is 0 Å². The van der Waals surface area contributed by atoms with Crippen LogP contribution in [0.4, 0.5) is 0 Å². The minimum atomic E-state index is -0.515. The summed E-state index contributed by atoms with van der Waals surface area (Å²) in [5, 5.41) is 6.12. The normalized spacial score (nSPS) is 15.0. The van der Waals surface area contributed by atoms with Gasteiger partial charge in [0.15, 0.2) is 0 Å². The van der Waals surface area contributed by atoms with Crippen LogP contribution in [0.15, 0.2) is 16.5 Å². The number of halogens is 1. The van der Waals surface area contributed by atoms with E-state index in [1.165, 1.54) is 7.11 Å². The molecule has 1 saturated heterocycles. The van der Waals surface area contributed by atoms with E-state index in [-0.39, 0.29) is 24.1 Å². The first kappa shape index (κ1) is 18.5. The van der Waals surface area contributed by atoms with Crippen LogP contribution in [0.2, 0.25) is 0 Å². The smallest absolute Gasteiger partial charge is 0.373 e. The number of nitrogens with one attached hydrogen (secondary N) is 2. The van der Waals surface area contributed by atoms with Crippen molar-refractivity contribution >= 4 is 24.3 Å². The van der Waals surface area contributed by atoms with E-state index in [1.54, 1.807) is 12.1 Å². The predicted molar refractivity (Wildman–Crippen MR) is 84.0 cm³/mol. The van der Waals surface area contributed by atoms with Crippen LogP contribution in [0, 0.1) is 5.92 Å². The van der Waals surface area contributed by atoms with Gasteiger partial charge in [-0.05, 0) is 50.4 Å². The van der Waals surface area contributed by atoms with Crippen molar-refractivity contribution in [3.8, 4) is 0 Å². The number of hydrogen-bond donors (Lipinski definition) is 2. The minimum absolute atomic E-state index is 0. The molecule has 0 radical (unpaired) electrons. The van der Waals surface area contributed by atoms with E-state index in [2.05, 4.69) is 15.4 Å². The zero-order valence-electron chi connectivity index (χ0n) is 12.7. The Balaban J connectivity index is 0.00000242. The molecule has 0 aromatic carbocycles. The highest BCUT2D eigenvalue weighted by molar-refractivity contribution is 5.86. The van der Waals surface area contributed by atoms with E-state index in [4.69, 9.17) is 4.42 Å². The van der Waals surface area contributed by atoms with Gasteiger partial charge in [-0.3, -0.25) is 4.79 Å². The molecule has 1 aliphatic heterocycles. The third-order valence-corrected chi connectivity index (χ3v) is 3.75. The number of methoxy groups -OCH3 is 1. The van der Waals surface area contributed by atoms with Gasteiger partial charge in [0.25, 0.3) is 0 Å². The van der Waals surface area contributed by atoms with E-state index in [0.29, 0.717) is 24.6 Å². The lowest BCUT2D eigenvalue weighted by Crippen LogP contribution is -2.29. The van der Waals surface area contributed by atoms with E-state index >= 15 is 0 Å². The lowest BCUT2D eigenvalue weighted by Gasteiger charge is -2.22. The van der Waals surface area contributed by atoms with Crippen molar-refractivity contribution in [2.45, 2.75) is 32.2 Å². The van der Waals surface area contributed by atoms with Crippen LogP contribution in [-0.2, 0) is 16.1 Å². The Bertz CT molecular complexity index is 484. The fourth-order valence-corrected chi connectivity index (χ4v) is 2.46. The zero-order chi connectivity index (χ0) is 15.1. The summed E-state index contributed by atoms with van der Waals surface area (Å²) in [6, 6.07) is 3.21. The summed E-state index contributed by atoms with van der Waals surface area (Å²) < 4.78 is 9.84. The molecule has 22 heavy (non-hydrogen) atoms. The van der Waals surface area contributed by atoms with Crippen molar-refractivity contribution in [3.05, 3.63) is 23.7 Å². The van der Waals surface area contributed by atoms with Gasteiger partial charge in [0.2, 0.25) is 11.7 Å². The molecule has 0 bridgehead atoms. The van der Waals surface area contributed by atoms with Gasteiger partial charge in [-0.15, -0.1) is 12.4 Å². The second-order valence-electron chi connectivity index (χ2n) is 5.27. The number of amides is 1. The van der Waals surface area contributed by atoms with Gasteiger partial charge in [0.05, 0.1) is 13.7 Å². The van der Waals surface area contributed by atoms with Crippen molar-refractivity contribution in [2.75, 3.05) is 20.2 Å². The van der Waals surface area contributed by atoms with Gasteiger partial charge >= 0.3 is 5.97 Å². The molecular formula is C15H23ClN2O4. The van der Waals surface area contributed by atoms with Gasteiger partial charge in [0.1, 0.15) is 5.76 Å². The Kier molecular flexibility index (Phi) is 7.98. The van der Waals surface area contributed by atoms with Crippen LogP contribution in [-0.4, -0.2) is 32.1 Å². The number of hydrogen-bond acceptors (Lipinski definition) is 5. The van der Waals surface area contributed by atoms with Crippen molar-refractivity contribution in [1.82, 2.24) is 10.6 Å². The topological polar surface area (TPSA) is 80.6 Å². The molecule has 2 rings (SSSR count). The first-order valence-corrected chi connectivity index (χ1v) is 7.33. The van der Waals surface area contributed by atoms with Crippen molar-refractivity contribution in [2.24, 2.45) is 5.92 Å². The molecule has 0 aliphatic carbocycles. The fourth-order valence-electron chi connectivity index (χ4n) is 2.46. The monoisotopic (exact) mass is 330 g/mol. The van der Waals surface area contributed by atoms with Crippen LogP contribution >= 0.6 is 12.4 Å². The number of esters is 1. The summed E-state index contributed by atoms with van der Waals surface area (Å²) in [6.45, 7) is 2.39. The molecule has 0 atom stereocenters. The Labute approximate surface area is 136 Å². The Morgan fingerprint density at radius 1 is 1.36 bits per heavy atom. The molecule has 1 aliphatic rings. The highest BCUT2D eigenvalue weighted by Gasteiger charge is 2.15. The number of furan rings is 1. The van der Waals surface area contributed by atoms with E-state index in [0.717, 1.165) is 32.4 Å². The molecule has 1 fully saturated rings. The van der Waals surface area contributed by atoms with E-state index in [9.17, 15) is 9.59 Å². The molecule has 0 unspecified atom stereocenters. The Morgan fingerprint density at radius 2 is 2.09 bits per heavy atom. The average Bonchev–Trinajstić information content (AvgIpc) is 3.00. The van der Waals surface area contributed by atoms with Crippen LogP contribution < -0.4 is 10.6 Å². The number of carbonyl (C=O) groups is 2. The summed E-state index contributed by atoms with van der Waals surface area (Å²) in [7, 11) is 1.30. The highest BCUT2D eigenvalue weighted by atomic mass is 35.5. The van der Waals surface area contributed by atoms with E-state index < -0.39 is 5.97 Å². The predicted octanol–water partition coefficient (Wildman–Crippen LogP) is 1.88. The van der Waals surface area contributed by atoms with Gasteiger partial charge in [-0.2, -0.15) is 0 Å². The number of piperidine rings is 1. The van der Waals surface area contributed by atoms with Crippen LogP contribution in [0.5, 0.6) is 0 Å². The Hall–Kier alpha value is -1.53. The molecule has 1 amide bonds. The summed E-state index contributed by atoms with van der Waals surface area (Å²) in [5.74, 6) is 0.844. The summed E-state index contributed by atoms with van der Waals surface area (Å²) >= 11 is 0. The number of ether oxygens (including phenoxy) is 1. The Morgan fingerprint density at radius 3 is 2.77 bits per heavy atom. The lowest BCUT2D eigenvalue weighted by molar-refractivity contribution is -0.121. The maximum Gasteiger partial charge on any atom is 0.373 e. The first-order valence-electron chi connectivity index (χ1n) is 7.33. The van der Waals surface area contributed by atoms with Gasteiger partial charge in [-0.1, -0.05) is 0 Å². The lowest BCUT2D eigenvalue weighted by atomic mass is 9.93. The molecular weight excluding hydrogens is 308 g/mol. The summed E-state index contributed by atoms with van der Waals surface area (Å²) in [5.41, 5.74) is 0. The van der Waals surface area contributed by atoms with Crippen LogP contribution in [0.3, 0.4) is 0 Å². The SMILES string of the molecule is COC(=O)c1ccc(CNC(=O)CCC2CCNCC2)o1.Cl. The van der Waals surface area contributed by atoms with Gasteiger partial charge in [0, 0.05) is 6.42 Å². The molecule has 2 N–H and O–H groups in total. The van der Waals surface area contributed by atoms with Crippen LogP contribution in [0.1, 0.15) is 42.0 Å². The van der Waals surface area contributed by atoms with Gasteiger partial charge < -0.3 is 19.8 Å². The van der Waals surface area contributed by atoms with Gasteiger partial charge in [-0.25, -0.2) is 4.79 Å². The average molecular weight is 331 g/mol. The third kappa shape index (κ3) is 5.69. The van der Waals surface area contributed by atoms with Crippen LogP contribution in [0.25, 0.3) is 0 Å². The maximum absolute atomic E-state index is 11.8. The minimum Gasteiger partial charge on any atom is -0.463 e. The largest absolute Gasteiger partial charge is 0.463 e. The second-order valence-corrected chi connectivity index (χ2v) is 5.27. The molecule has 7 heteroatoms. The number of carbonyl (C=O) groups excluding carboxylic acids is 2. The zero-order valence-corrected chi connectivity index (χ0v) is 13.5. The molecule has 6 nitrogen and oxygen atoms in total. The molecule has 124 valence electrons. The molecule has 1 aromatic rings. The third-order valence-electron chi connectivity index (χ3n) is 3.75. The quantitative estimate of drug-likeness (QED) is 0.778. The maximum atomic E-state index is 11.8. The summed E-state index contributed by atoms with van der Waals surface area (Å²) in [6.07, 6.45) is 3.76. The van der Waals surface area contributed by atoms with Crippen molar-refractivity contribution < 1.29 is 18.7 Å². The standard InChI is InChI=1S/C15H22N2O4.ClH/c1-20-15(19)13-4-3-12(21-13)10-17-14(18)5-2-11-6-8-16-9-7-11;/h3-4,11,16H,2,5-10H2,1H3,(H,17,18);1H. The van der Waals surface area contributed by atoms with E-state index in [1.807, 2.05) is 0 Å². The molecule has 1 aromatic heterocycles.